The minimum Gasteiger partial charge on any atom is -0.352 e. The van der Waals surface area contributed by atoms with E-state index in [9.17, 15) is 4.79 Å². The van der Waals surface area contributed by atoms with E-state index < -0.39 is 0 Å². The molecule has 0 saturated carbocycles. The summed E-state index contributed by atoms with van der Waals surface area (Å²) < 4.78 is 0. The molecule has 4 nitrogen and oxygen atoms in total. The molecule has 2 aliphatic heterocycles. The lowest BCUT2D eigenvalue weighted by molar-refractivity contribution is 0.0947. The largest absolute Gasteiger partial charge is 0.352 e. The van der Waals surface area contributed by atoms with Crippen LogP contribution in [0.15, 0.2) is 51.2 Å². The Hall–Kier alpha value is -1.82. The van der Waals surface area contributed by atoms with Crippen molar-refractivity contribution in [3.8, 4) is 0 Å². The van der Waals surface area contributed by atoms with Gasteiger partial charge in [-0.2, -0.15) is 0 Å². The number of nitrogens with one attached hydrogen (secondary N) is 1. The average Bonchev–Trinajstić information content (AvgIpc) is 2.85. The Kier molecular flexibility index (Phi) is 7.05. The molecule has 164 valence electrons. The van der Waals surface area contributed by atoms with Crippen molar-refractivity contribution in [2.45, 2.75) is 43.4 Å². The zero-order valence-corrected chi connectivity index (χ0v) is 20.0. The zero-order valence-electron chi connectivity index (χ0n) is 18.5. The summed E-state index contributed by atoms with van der Waals surface area (Å²) in [6.07, 6.45) is 2.29. The summed E-state index contributed by atoms with van der Waals surface area (Å²) in [7, 11) is 0. The Bertz CT molecular complexity index is 996. The van der Waals surface area contributed by atoms with Crippen LogP contribution in [0.4, 0.5) is 5.69 Å². The summed E-state index contributed by atoms with van der Waals surface area (Å²) in [6, 6.07) is 11.7. The van der Waals surface area contributed by atoms with E-state index in [0.29, 0.717) is 17.1 Å². The maximum absolute atomic E-state index is 12.7. The molecular weight excluding hydrogens is 426 g/mol. The van der Waals surface area contributed by atoms with Gasteiger partial charge < -0.3 is 10.2 Å². The van der Waals surface area contributed by atoms with Crippen LogP contribution in [0.25, 0.3) is 0 Å². The third-order valence-electron chi connectivity index (χ3n) is 5.94. The number of likely N-dealkylation sites (tertiary alicyclic amines) is 1. The van der Waals surface area contributed by atoms with E-state index >= 15 is 0 Å². The Labute approximate surface area is 194 Å². The molecule has 2 atom stereocenters. The first kappa shape index (κ1) is 22.4. The van der Waals surface area contributed by atoms with Gasteiger partial charge >= 0.3 is 0 Å². The molecule has 1 amide bonds. The van der Waals surface area contributed by atoms with Crippen molar-refractivity contribution in [3.05, 3.63) is 52.5 Å². The molecule has 6 heteroatoms. The number of hydrogen-bond acceptors (Lipinski definition) is 4. The minimum absolute atomic E-state index is 0.0363. The fraction of sp³-hybridized carbons (Fsp3) is 0.440. The highest BCUT2D eigenvalue weighted by Gasteiger charge is 2.21. The molecule has 2 heterocycles. The number of aliphatic imine (C=N–C) groups is 1. The Morgan fingerprint density at radius 1 is 1.16 bits per heavy atom. The van der Waals surface area contributed by atoms with Gasteiger partial charge in [0.05, 0.1) is 5.69 Å². The number of halogens is 1. The first-order valence-corrected chi connectivity index (χ1v) is 12.3. The van der Waals surface area contributed by atoms with Gasteiger partial charge in [-0.05, 0) is 74.5 Å². The molecule has 0 spiro atoms. The summed E-state index contributed by atoms with van der Waals surface area (Å²) in [6.45, 7) is 10.7. The van der Waals surface area contributed by atoms with E-state index in [1.807, 2.05) is 43.3 Å². The van der Waals surface area contributed by atoms with Gasteiger partial charge in [0.2, 0.25) is 0 Å². The maximum Gasteiger partial charge on any atom is 0.251 e. The summed E-state index contributed by atoms with van der Waals surface area (Å²) in [5.74, 6) is 1.50. The molecule has 2 aliphatic rings. The monoisotopic (exact) mass is 455 g/mol. The van der Waals surface area contributed by atoms with Crippen molar-refractivity contribution in [2.24, 2.45) is 16.8 Å². The van der Waals surface area contributed by atoms with Crippen molar-refractivity contribution in [2.75, 3.05) is 26.2 Å². The van der Waals surface area contributed by atoms with Crippen molar-refractivity contribution in [3.63, 3.8) is 0 Å². The van der Waals surface area contributed by atoms with Crippen LogP contribution in [0.3, 0.4) is 0 Å². The average molecular weight is 456 g/mol. The lowest BCUT2D eigenvalue weighted by Crippen LogP contribution is -2.40. The molecule has 2 aromatic rings. The number of hydrogen-bond donors (Lipinski definition) is 1. The third-order valence-corrected chi connectivity index (χ3v) is 7.32. The van der Waals surface area contributed by atoms with Gasteiger partial charge in [-0.1, -0.05) is 37.2 Å². The van der Waals surface area contributed by atoms with Crippen LogP contribution in [0.1, 0.15) is 49.5 Å². The smallest absolute Gasteiger partial charge is 0.251 e. The van der Waals surface area contributed by atoms with Gasteiger partial charge in [0, 0.05) is 51.3 Å². The molecule has 0 radical (unpaired) electrons. The second-order valence-electron chi connectivity index (χ2n) is 8.94. The Morgan fingerprint density at radius 2 is 1.90 bits per heavy atom. The number of benzene rings is 2. The van der Waals surface area contributed by atoms with Gasteiger partial charge in [-0.15, -0.1) is 0 Å². The van der Waals surface area contributed by atoms with Gasteiger partial charge in [0.1, 0.15) is 0 Å². The molecule has 2 unspecified atom stereocenters. The minimum atomic E-state index is -0.0363. The van der Waals surface area contributed by atoms with Crippen molar-refractivity contribution >= 4 is 40.7 Å². The molecule has 2 aromatic carbocycles. The van der Waals surface area contributed by atoms with E-state index in [2.05, 4.69) is 24.1 Å². The number of amides is 1. The van der Waals surface area contributed by atoms with Gasteiger partial charge in [0.25, 0.3) is 5.91 Å². The molecule has 1 N–H and O–H groups in total. The van der Waals surface area contributed by atoms with Gasteiger partial charge in [-0.3, -0.25) is 9.79 Å². The molecule has 0 bridgehead atoms. The van der Waals surface area contributed by atoms with Crippen molar-refractivity contribution in [1.82, 2.24) is 10.2 Å². The highest BCUT2D eigenvalue weighted by molar-refractivity contribution is 7.99. The topological polar surface area (TPSA) is 44.7 Å². The molecule has 4 rings (SSSR count). The van der Waals surface area contributed by atoms with Crippen LogP contribution >= 0.6 is 23.4 Å². The summed E-state index contributed by atoms with van der Waals surface area (Å²) in [5.41, 5.74) is 3.44. The van der Waals surface area contributed by atoms with Crippen molar-refractivity contribution < 1.29 is 4.79 Å². The van der Waals surface area contributed by atoms with Crippen LogP contribution in [-0.4, -0.2) is 42.7 Å². The standard InChI is InChI=1S/C25H30ClN3OS/c1-16-11-17(2)15-29(14-16)10-4-9-27-25(30)19-5-7-24-22(12-19)28-18(3)21-13-20(26)6-8-23(21)31-24/h5-8,12-13,16-17H,4,9-11,14-15H2,1-3H3,(H,27,30). The fourth-order valence-electron chi connectivity index (χ4n) is 4.65. The second-order valence-corrected chi connectivity index (χ2v) is 10.5. The number of fused-ring (bicyclic) bond motifs is 2. The zero-order chi connectivity index (χ0) is 22.0. The number of piperidine rings is 1. The predicted molar refractivity (Wildman–Crippen MR) is 130 cm³/mol. The SMILES string of the molecule is CC1=Nc2cc(C(=O)NCCCN3CC(C)CC(C)C3)ccc2Sc2ccc(Cl)cc21. The number of rotatable bonds is 5. The van der Waals surface area contributed by atoms with E-state index in [-0.39, 0.29) is 5.91 Å². The number of carbonyl (C=O) groups is 1. The Morgan fingerprint density at radius 3 is 2.68 bits per heavy atom. The quantitative estimate of drug-likeness (QED) is 0.558. The molecular formula is C25H30ClN3OS. The highest BCUT2D eigenvalue weighted by atomic mass is 35.5. The van der Waals surface area contributed by atoms with Crippen LogP contribution in [-0.2, 0) is 0 Å². The van der Waals surface area contributed by atoms with Crippen LogP contribution in [0, 0.1) is 11.8 Å². The van der Waals surface area contributed by atoms with E-state index in [1.54, 1.807) is 11.8 Å². The Balaban J connectivity index is 1.37. The molecule has 1 saturated heterocycles. The van der Waals surface area contributed by atoms with E-state index in [1.165, 1.54) is 19.5 Å². The van der Waals surface area contributed by atoms with Gasteiger partial charge in [0.15, 0.2) is 0 Å². The number of nitrogens with zero attached hydrogens (tertiary/aromatic N) is 2. The van der Waals surface area contributed by atoms with Gasteiger partial charge in [-0.25, -0.2) is 0 Å². The lowest BCUT2D eigenvalue weighted by Gasteiger charge is -2.34. The summed E-state index contributed by atoms with van der Waals surface area (Å²) in [4.78, 5) is 22.2. The first-order valence-electron chi connectivity index (χ1n) is 11.1. The number of carbonyl (C=O) groups excluding carboxylic acids is 1. The van der Waals surface area contributed by atoms with Crippen molar-refractivity contribution in [1.29, 1.82) is 0 Å². The van der Waals surface area contributed by atoms with E-state index in [4.69, 9.17) is 16.6 Å². The van der Waals surface area contributed by atoms with Crippen LogP contribution in [0.2, 0.25) is 5.02 Å². The molecule has 0 aromatic heterocycles. The third kappa shape index (κ3) is 5.51. The lowest BCUT2D eigenvalue weighted by atomic mass is 9.92. The molecule has 1 fully saturated rings. The fourth-order valence-corrected chi connectivity index (χ4v) is 5.85. The first-order chi connectivity index (χ1) is 14.9. The molecule has 31 heavy (non-hydrogen) atoms. The second kappa shape index (κ2) is 9.76. The van der Waals surface area contributed by atoms with E-state index in [0.717, 1.165) is 51.6 Å². The molecule has 0 aliphatic carbocycles. The maximum atomic E-state index is 12.7. The predicted octanol–water partition coefficient (Wildman–Crippen LogP) is 6.04. The van der Waals surface area contributed by atoms with Crippen LogP contribution in [0.5, 0.6) is 0 Å². The normalized spacial score (nSPS) is 21.0. The summed E-state index contributed by atoms with van der Waals surface area (Å²) in [5, 5.41) is 3.78. The van der Waals surface area contributed by atoms with Crippen LogP contribution < -0.4 is 5.32 Å². The summed E-state index contributed by atoms with van der Waals surface area (Å²) >= 11 is 7.84. The highest BCUT2D eigenvalue weighted by Crippen LogP contribution is 2.41.